The number of carbonyl (C=O) groups is 1. The number of methoxy groups -OCH3 is 2. The van der Waals surface area contributed by atoms with Gasteiger partial charge in [0.1, 0.15) is 6.61 Å². The summed E-state index contributed by atoms with van der Waals surface area (Å²) in [4.78, 5) is 14.9. The minimum absolute atomic E-state index is 0.0989. The van der Waals surface area contributed by atoms with Gasteiger partial charge in [-0.25, -0.2) is 0 Å². The fourth-order valence-corrected chi connectivity index (χ4v) is 5.59. The maximum Gasteiger partial charge on any atom is 0.306 e. The molecule has 4 rings (SSSR count). The molecule has 1 atom stereocenters. The molecule has 0 radical (unpaired) electrons. The SMILES string of the molecule is COc1cc(C(c2ccc(Cl)s2)N2CCC(C(=O)O)CC2)cc(OC)c1OCc1ccccc1. The monoisotopic (exact) mass is 501 g/mol. The molecule has 1 saturated heterocycles. The van der Waals surface area contributed by atoms with E-state index in [1.165, 1.54) is 11.3 Å². The van der Waals surface area contributed by atoms with Gasteiger partial charge in [0.2, 0.25) is 5.75 Å². The lowest BCUT2D eigenvalue weighted by Gasteiger charge is -2.36. The Labute approximate surface area is 208 Å². The zero-order valence-electron chi connectivity index (χ0n) is 19.2. The highest BCUT2D eigenvalue weighted by Gasteiger charge is 2.32. The molecule has 1 N–H and O–H groups in total. The van der Waals surface area contributed by atoms with Gasteiger partial charge in [-0.1, -0.05) is 41.9 Å². The quantitative estimate of drug-likeness (QED) is 0.394. The Hall–Kier alpha value is -2.74. The number of ether oxygens (including phenoxy) is 3. The molecule has 34 heavy (non-hydrogen) atoms. The van der Waals surface area contributed by atoms with Gasteiger partial charge in [0.15, 0.2) is 11.5 Å². The van der Waals surface area contributed by atoms with Crippen LogP contribution in [0.4, 0.5) is 0 Å². The Morgan fingerprint density at radius 2 is 1.74 bits per heavy atom. The van der Waals surface area contributed by atoms with Gasteiger partial charge in [-0.2, -0.15) is 0 Å². The zero-order valence-corrected chi connectivity index (χ0v) is 20.8. The van der Waals surface area contributed by atoms with Crippen molar-refractivity contribution in [3.05, 3.63) is 74.9 Å². The van der Waals surface area contributed by atoms with Crippen molar-refractivity contribution in [3.8, 4) is 17.2 Å². The third-order valence-electron chi connectivity index (χ3n) is 6.13. The van der Waals surface area contributed by atoms with E-state index in [0.29, 0.717) is 54.1 Å². The highest BCUT2D eigenvalue weighted by atomic mass is 35.5. The van der Waals surface area contributed by atoms with Crippen molar-refractivity contribution >= 4 is 28.9 Å². The maximum atomic E-state index is 11.5. The number of piperidine rings is 1. The molecule has 1 aliphatic heterocycles. The number of aliphatic carboxylic acids is 1. The smallest absolute Gasteiger partial charge is 0.306 e. The van der Waals surface area contributed by atoms with Crippen LogP contribution in [0.25, 0.3) is 0 Å². The first-order chi connectivity index (χ1) is 16.5. The molecule has 0 spiro atoms. The zero-order chi connectivity index (χ0) is 24.1. The van der Waals surface area contributed by atoms with Crippen LogP contribution in [0.3, 0.4) is 0 Å². The molecule has 1 aliphatic rings. The van der Waals surface area contributed by atoms with Crippen LogP contribution in [0.5, 0.6) is 17.2 Å². The van der Waals surface area contributed by atoms with Crippen molar-refractivity contribution < 1.29 is 24.1 Å². The average molecular weight is 502 g/mol. The van der Waals surface area contributed by atoms with E-state index >= 15 is 0 Å². The van der Waals surface area contributed by atoms with Crippen LogP contribution in [0.2, 0.25) is 4.34 Å². The molecular formula is C26H28ClNO5S. The van der Waals surface area contributed by atoms with Gasteiger partial charge in [0.25, 0.3) is 0 Å². The lowest BCUT2D eigenvalue weighted by Crippen LogP contribution is -2.39. The molecule has 180 valence electrons. The van der Waals surface area contributed by atoms with Crippen LogP contribution >= 0.6 is 22.9 Å². The summed E-state index contributed by atoms with van der Waals surface area (Å²) in [5, 5.41) is 9.42. The molecule has 0 bridgehead atoms. The molecule has 8 heteroatoms. The van der Waals surface area contributed by atoms with Crippen molar-refractivity contribution in [2.45, 2.75) is 25.5 Å². The summed E-state index contributed by atoms with van der Waals surface area (Å²) in [6.07, 6.45) is 1.22. The molecule has 2 aromatic carbocycles. The van der Waals surface area contributed by atoms with Crippen molar-refractivity contribution in [1.82, 2.24) is 4.90 Å². The Morgan fingerprint density at radius 1 is 1.09 bits per heavy atom. The number of halogens is 1. The number of thiophene rings is 1. The van der Waals surface area contributed by atoms with Crippen molar-refractivity contribution in [2.75, 3.05) is 27.3 Å². The summed E-state index contributed by atoms with van der Waals surface area (Å²) in [5.41, 5.74) is 2.02. The summed E-state index contributed by atoms with van der Waals surface area (Å²) < 4.78 is 18.3. The van der Waals surface area contributed by atoms with Gasteiger partial charge in [-0.3, -0.25) is 9.69 Å². The molecular weight excluding hydrogens is 474 g/mol. The van der Waals surface area contributed by atoms with Crippen LogP contribution in [0.15, 0.2) is 54.6 Å². The predicted octanol–water partition coefficient (Wildman–Crippen LogP) is 5.88. The topological polar surface area (TPSA) is 68.2 Å². The second-order valence-electron chi connectivity index (χ2n) is 8.22. The third-order valence-corrected chi connectivity index (χ3v) is 7.42. The molecule has 1 unspecified atom stereocenters. The molecule has 0 amide bonds. The molecule has 1 aromatic heterocycles. The second-order valence-corrected chi connectivity index (χ2v) is 9.97. The van der Waals surface area contributed by atoms with E-state index in [1.807, 2.05) is 54.6 Å². The summed E-state index contributed by atoms with van der Waals surface area (Å²) in [6, 6.07) is 17.7. The van der Waals surface area contributed by atoms with Crippen molar-refractivity contribution in [2.24, 2.45) is 5.92 Å². The Morgan fingerprint density at radius 3 is 2.26 bits per heavy atom. The number of carboxylic acid groups (broad SMARTS) is 1. The van der Waals surface area contributed by atoms with Gasteiger partial charge in [0.05, 0.1) is 30.5 Å². The van der Waals surface area contributed by atoms with Gasteiger partial charge < -0.3 is 19.3 Å². The van der Waals surface area contributed by atoms with E-state index in [9.17, 15) is 9.90 Å². The number of hydrogen-bond donors (Lipinski definition) is 1. The fraction of sp³-hybridized carbons (Fsp3) is 0.346. The van der Waals surface area contributed by atoms with E-state index in [-0.39, 0.29) is 12.0 Å². The fourth-order valence-electron chi connectivity index (χ4n) is 4.36. The predicted molar refractivity (Wildman–Crippen MR) is 133 cm³/mol. The lowest BCUT2D eigenvalue weighted by atomic mass is 9.93. The number of benzene rings is 2. The van der Waals surface area contributed by atoms with Crippen LogP contribution in [-0.2, 0) is 11.4 Å². The summed E-state index contributed by atoms with van der Waals surface area (Å²) in [5.74, 6) is 0.683. The van der Waals surface area contributed by atoms with E-state index in [4.69, 9.17) is 25.8 Å². The van der Waals surface area contributed by atoms with Gasteiger partial charge in [-0.15, -0.1) is 11.3 Å². The number of likely N-dealkylation sites (tertiary alicyclic amines) is 1. The highest BCUT2D eigenvalue weighted by Crippen LogP contribution is 2.45. The summed E-state index contributed by atoms with van der Waals surface area (Å²) in [6.45, 7) is 1.74. The normalized spacial score (nSPS) is 15.6. The van der Waals surface area contributed by atoms with E-state index in [0.717, 1.165) is 16.0 Å². The van der Waals surface area contributed by atoms with Gasteiger partial charge in [0, 0.05) is 4.88 Å². The third kappa shape index (κ3) is 5.49. The van der Waals surface area contributed by atoms with Crippen LogP contribution in [0.1, 0.15) is 34.9 Å². The molecule has 3 aromatic rings. The first kappa shape index (κ1) is 24.4. The Bertz CT molecular complexity index is 1090. The Balaban J connectivity index is 1.67. The van der Waals surface area contributed by atoms with E-state index < -0.39 is 5.97 Å². The van der Waals surface area contributed by atoms with E-state index in [1.54, 1.807) is 14.2 Å². The van der Waals surface area contributed by atoms with Gasteiger partial charge >= 0.3 is 5.97 Å². The summed E-state index contributed by atoms with van der Waals surface area (Å²) >= 11 is 7.81. The lowest BCUT2D eigenvalue weighted by molar-refractivity contribution is -0.143. The Kier molecular flexibility index (Phi) is 7.98. The van der Waals surface area contributed by atoms with Crippen LogP contribution in [-0.4, -0.2) is 43.3 Å². The second kappa shape index (κ2) is 11.1. The van der Waals surface area contributed by atoms with Crippen molar-refractivity contribution in [1.29, 1.82) is 0 Å². The number of carboxylic acids is 1. The molecule has 2 heterocycles. The number of nitrogens with zero attached hydrogens (tertiary/aromatic N) is 1. The summed E-state index contributed by atoms with van der Waals surface area (Å²) in [7, 11) is 3.23. The minimum Gasteiger partial charge on any atom is -0.493 e. The average Bonchev–Trinajstić information content (AvgIpc) is 3.29. The van der Waals surface area contributed by atoms with Gasteiger partial charge in [-0.05, 0) is 61.3 Å². The van der Waals surface area contributed by atoms with Crippen LogP contribution in [0, 0.1) is 5.92 Å². The number of hydrogen-bond acceptors (Lipinski definition) is 6. The van der Waals surface area contributed by atoms with Crippen LogP contribution < -0.4 is 14.2 Å². The molecule has 0 saturated carbocycles. The molecule has 6 nitrogen and oxygen atoms in total. The minimum atomic E-state index is -0.723. The van der Waals surface area contributed by atoms with E-state index in [2.05, 4.69) is 4.90 Å². The first-order valence-electron chi connectivity index (χ1n) is 11.1. The molecule has 0 aliphatic carbocycles. The maximum absolute atomic E-state index is 11.5. The first-order valence-corrected chi connectivity index (χ1v) is 12.3. The standard InChI is InChI=1S/C26H28ClNO5S/c1-31-20-14-19(15-21(32-2)25(20)33-16-17-6-4-3-5-7-17)24(22-8-9-23(27)34-22)28-12-10-18(11-13-28)26(29)30/h3-9,14-15,18,24H,10-13,16H2,1-2H3,(H,29,30). The van der Waals surface area contributed by atoms with Crippen molar-refractivity contribution in [3.63, 3.8) is 0 Å². The number of rotatable bonds is 9. The molecule has 1 fully saturated rings. The highest BCUT2D eigenvalue weighted by molar-refractivity contribution is 7.16. The largest absolute Gasteiger partial charge is 0.493 e.